The first kappa shape index (κ1) is 17.1. The molecule has 0 saturated carbocycles. The van der Waals surface area contributed by atoms with Crippen LogP contribution in [0.5, 0.6) is 0 Å². The van der Waals surface area contributed by atoms with Gasteiger partial charge in [0.25, 0.3) is 0 Å². The lowest BCUT2D eigenvalue weighted by atomic mass is 10.1. The molecule has 1 amide bonds. The van der Waals surface area contributed by atoms with E-state index in [2.05, 4.69) is 10.4 Å². The van der Waals surface area contributed by atoms with E-state index in [4.69, 9.17) is 0 Å². The zero-order valence-corrected chi connectivity index (χ0v) is 13.2. The van der Waals surface area contributed by atoms with Crippen LogP contribution in [0.15, 0.2) is 24.3 Å². The SMILES string of the molecule is Cc1nn(C)c(C)c1CC(=O)NCc1ccc(C(F)(F)F)cc1. The standard InChI is InChI=1S/C16H18F3N3O/c1-10-14(11(2)22(3)21-10)8-15(23)20-9-12-4-6-13(7-5-12)16(17,18)19/h4-7H,8-9H2,1-3H3,(H,20,23). The smallest absolute Gasteiger partial charge is 0.352 e. The Balaban J connectivity index is 1.94. The number of hydrogen-bond acceptors (Lipinski definition) is 2. The molecule has 1 aromatic carbocycles. The lowest BCUT2D eigenvalue weighted by Crippen LogP contribution is -2.25. The van der Waals surface area contributed by atoms with E-state index < -0.39 is 11.7 Å². The quantitative estimate of drug-likeness (QED) is 0.939. The Morgan fingerprint density at radius 3 is 2.30 bits per heavy atom. The number of alkyl halides is 3. The molecule has 2 rings (SSSR count). The number of benzene rings is 1. The van der Waals surface area contributed by atoms with Crippen molar-refractivity contribution in [2.24, 2.45) is 7.05 Å². The van der Waals surface area contributed by atoms with Crippen LogP contribution in [0.1, 0.15) is 28.1 Å². The molecular formula is C16H18F3N3O. The van der Waals surface area contributed by atoms with Gasteiger partial charge < -0.3 is 5.32 Å². The maximum Gasteiger partial charge on any atom is 0.416 e. The molecule has 7 heteroatoms. The Kier molecular flexibility index (Phi) is 4.77. The first-order chi connectivity index (χ1) is 10.7. The summed E-state index contributed by atoms with van der Waals surface area (Å²) in [5.74, 6) is -0.191. The van der Waals surface area contributed by atoms with E-state index in [0.29, 0.717) is 5.56 Å². The molecule has 0 saturated heterocycles. The molecule has 0 unspecified atom stereocenters. The summed E-state index contributed by atoms with van der Waals surface area (Å²) in [7, 11) is 1.81. The van der Waals surface area contributed by atoms with Crippen molar-refractivity contribution in [1.82, 2.24) is 15.1 Å². The maximum atomic E-state index is 12.5. The molecule has 1 aromatic heterocycles. The van der Waals surface area contributed by atoms with Crippen LogP contribution in [0.3, 0.4) is 0 Å². The summed E-state index contributed by atoms with van der Waals surface area (Å²) in [6, 6.07) is 4.75. The second kappa shape index (κ2) is 6.44. The van der Waals surface area contributed by atoms with E-state index in [9.17, 15) is 18.0 Å². The third-order valence-electron chi connectivity index (χ3n) is 3.77. The zero-order valence-electron chi connectivity index (χ0n) is 13.2. The molecule has 0 aliphatic carbocycles. The predicted octanol–water partition coefficient (Wildman–Crippen LogP) is 2.91. The Hall–Kier alpha value is -2.31. The van der Waals surface area contributed by atoms with E-state index in [1.807, 2.05) is 20.9 Å². The van der Waals surface area contributed by atoms with Crippen molar-refractivity contribution in [1.29, 1.82) is 0 Å². The highest BCUT2D eigenvalue weighted by molar-refractivity contribution is 5.79. The molecule has 4 nitrogen and oxygen atoms in total. The van der Waals surface area contributed by atoms with Crippen molar-refractivity contribution in [3.63, 3.8) is 0 Å². The van der Waals surface area contributed by atoms with Gasteiger partial charge in [0.2, 0.25) is 5.91 Å². The summed E-state index contributed by atoms with van der Waals surface area (Å²) in [4.78, 5) is 12.0. The Morgan fingerprint density at radius 1 is 1.22 bits per heavy atom. The maximum absolute atomic E-state index is 12.5. The molecule has 0 fully saturated rings. The van der Waals surface area contributed by atoms with Gasteiger partial charge in [-0.1, -0.05) is 12.1 Å². The molecule has 0 atom stereocenters. The van der Waals surface area contributed by atoms with Crippen molar-refractivity contribution in [2.45, 2.75) is 33.0 Å². The van der Waals surface area contributed by atoms with Crippen LogP contribution in [-0.2, 0) is 31.0 Å². The van der Waals surface area contributed by atoms with Gasteiger partial charge in [-0.25, -0.2) is 0 Å². The van der Waals surface area contributed by atoms with Gasteiger partial charge in [-0.3, -0.25) is 9.48 Å². The van der Waals surface area contributed by atoms with Gasteiger partial charge in [0.15, 0.2) is 0 Å². The molecule has 0 aliphatic heterocycles. The topological polar surface area (TPSA) is 46.9 Å². The van der Waals surface area contributed by atoms with Crippen molar-refractivity contribution < 1.29 is 18.0 Å². The summed E-state index contributed by atoms with van der Waals surface area (Å²) in [5.41, 5.74) is 2.51. The van der Waals surface area contributed by atoms with E-state index >= 15 is 0 Å². The number of carbonyl (C=O) groups is 1. The molecule has 0 bridgehead atoms. The summed E-state index contributed by atoms with van der Waals surface area (Å²) >= 11 is 0. The lowest BCUT2D eigenvalue weighted by Gasteiger charge is -2.09. The number of aryl methyl sites for hydroxylation is 2. The number of carbonyl (C=O) groups excluding carboxylic acids is 1. The Labute approximate surface area is 132 Å². The molecular weight excluding hydrogens is 307 g/mol. The summed E-state index contributed by atoms with van der Waals surface area (Å²) in [6.45, 7) is 3.92. The predicted molar refractivity (Wildman–Crippen MR) is 79.7 cm³/mol. The lowest BCUT2D eigenvalue weighted by molar-refractivity contribution is -0.137. The highest BCUT2D eigenvalue weighted by Gasteiger charge is 2.29. The number of nitrogens with one attached hydrogen (secondary N) is 1. The van der Waals surface area contributed by atoms with Crippen molar-refractivity contribution >= 4 is 5.91 Å². The van der Waals surface area contributed by atoms with Crippen LogP contribution >= 0.6 is 0 Å². The molecule has 0 spiro atoms. The molecule has 124 valence electrons. The minimum atomic E-state index is -4.35. The highest BCUT2D eigenvalue weighted by atomic mass is 19.4. The van der Waals surface area contributed by atoms with Gasteiger partial charge >= 0.3 is 6.18 Å². The van der Waals surface area contributed by atoms with E-state index in [1.54, 1.807) is 4.68 Å². The minimum Gasteiger partial charge on any atom is -0.352 e. The Morgan fingerprint density at radius 2 is 1.83 bits per heavy atom. The Bertz CT molecular complexity index is 703. The number of amides is 1. The van der Waals surface area contributed by atoms with E-state index in [1.165, 1.54) is 12.1 Å². The monoisotopic (exact) mass is 325 g/mol. The molecule has 0 radical (unpaired) electrons. The third-order valence-corrected chi connectivity index (χ3v) is 3.77. The van der Waals surface area contributed by atoms with Crippen molar-refractivity contribution in [3.8, 4) is 0 Å². The largest absolute Gasteiger partial charge is 0.416 e. The van der Waals surface area contributed by atoms with Gasteiger partial charge in [0.05, 0.1) is 17.7 Å². The highest BCUT2D eigenvalue weighted by Crippen LogP contribution is 2.29. The normalized spacial score (nSPS) is 11.6. The van der Waals surface area contributed by atoms with Gasteiger partial charge in [-0.2, -0.15) is 18.3 Å². The molecule has 2 aromatic rings. The number of hydrogen-bond donors (Lipinski definition) is 1. The van der Waals surface area contributed by atoms with E-state index in [-0.39, 0.29) is 18.9 Å². The average molecular weight is 325 g/mol. The van der Waals surface area contributed by atoms with Crippen LogP contribution < -0.4 is 5.32 Å². The van der Waals surface area contributed by atoms with Crippen LogP contribution in [-0.4, -0.2) is 15.7 Å². The van der Waals surface area contributed by atoms with Gasteiger partial charge in [-0.15, -0.1) is 0 Å². The molecule has 1 N–H and O–H groups in total. The van der Waals surface area contributed by atoms with Crippen LogP contribution in [0.25, 0.3) is 0 Å². The average Bonchev–Trinajstić information content (AvgIpc) is 2.71. The molecule has 23 heavy (non-hydrogen) atoms. The first-order valence-electron chi connectivity index (χ1n) is 7.10. The van der Waals surface area contributed by atoms with Gasteiger partial charge in [0, 0.05) is 24.8 Å². The van der Waals surface area contributed by atoms with Crippen molar-refractivity contribution in [2.75, 3.05) is 0 Å². The van der Waals surface area contributed by atoms with E-state index in [0.717, 1.165) is 29.1 Å². The fraction of sp³-hybridized carbons (Fsp3) is 0.375. The van der Waals surface area contributed by atoms with Gasteiger partial charge in [0.1, 0.15) is 0 Å². The second-order valence-electron chi connectivity index (χ2n) is 5.42. The molecule has 1 heterocycles. The number of rotatable bonds is 4. The first-order valence-corrected chi connectivity index (χ1v) is 7.10. The summed E-state index contributed by atoms with van der Waals surface area (Å²) in [5, 5.41) is 6.96. The van der Waals surface area contributed by atoms with Crippen LogP contribution in [0.4, 0.5) is 13.2 Å². The summed E-state index contributed by atoms with van der Waals surface area (Å²) in [6.07, 6.45) is -4.15. The van der Waals surface area contributed by atoms with Crippen LogP contribution in [0, 0.1) is 13.8 Å². The zero-order chi connectivity index (χ0) is 17.2. The number of aromatic nitrogens is 2. The summed E-state index contributed by atoms with van der Waals surface area (Å²) < 4.78 is 39.1. The van der Waals surface area contributed by atoms with Gasteiger partial charge in [-0.05, 0) is 31.5 Å². The van der Waals surface area contributed by atoms with Crippen molar-refractivity contribution in [3.05, 3.63) is 52.3 Å². The third kappa shape index (κ3) is 4.12. The number of nitrogens with zero attached hydrogens (tertiary/aromatic N) is 2. The molecule has 0 aliphatic rings. The minimum absolute atomic E-state index is 0.190. The number of halogens is 3. The second-order valence-corrected chi connectivity index (χ2v) is 5.42. The van der Waals surface area contributed by atoms with Crippen LogP contribution in [0.2, 0.25) is 0 Å². The fourth-order valence-corrected chi connectivity index (χ4v) is 2.31. The fourth-order valence-electron chi connectivity index (χ4n) is 2.31.